The van der Waals surface area contributed by atoms with Crippen LogP contribution in [-0.4, -0.2) is 32.3 Å². The van der Waals surface area contributed by atoms with Crippen LogP contribution in [0.25, 0.3) is 0 Å². The second-order valence-corrected chi connectivity index (χ2v) is 5.75. The molecule has 3 rings (SSSR count). The minimum atomic E-state index is 0.369. The predicted molar refractivity (Wildman–Crippen MR) is 83.4 cm³/mol. The summed E-state index contributed by atoms with van der Waals surface area (Å²) < 4.78 is 1.99. The molecule has 6 heteroatoms. The molecule has 0 bridgehead atoms. The Hall–Kier alpha value is -2.42. The third-order valence-corrected chi connectivity index (χ3v) is 4.14. The van der Waals surface area contributed by atoms with Gasteiger partial charge in [0.25, 0.3) is 0 Å². The molecule has 0 N–H and O–H groups in total. The number of hydrogen-bond donors (Lipinski definition) is 0. The van der Waals surface area contributed by atoms with Crippen molar-refractivity contribution in [2.45, 2.75) is 45.7 Å². The molecule has 6 nitrogen and oxygen atoms in total. The molecule has 0 amide bonds. The lowest BCUT2D eigenvalue weighted by Crippen LogP contribution is -2.43. The summed E-state index contributed by atoms with van der Waals surface area (Å²) in [7, 11) is 0. The van der Waals surface area contributed by atoms with E-state index in [9.17, 15) is 0 Å². The summed E-state index contributed by atoms with van der Waals surface area (Å²) in [6.07, 6.45) is 5.17. The minimum Gasteiger partial charge on any atom is -0.352 e. The summed E-state index contributed by atoms with van der Waals surface area (Å²) in [5, 5.41) is 13.4. The van der Waals surface area contributed by atoms with Crippen LogP contribution >= 0.6 is 0 Å². The molecule has 0 unspecified atom stereocenters. The maximum atomic E-state index is 8.90. The lowest BCUT2D eigenvalue weighted by molar-refractivity contribution is 0.392. The van der Waals surface area contributed by atoms with Crippen LogP contribution in [0.2, 0.25) is 0 Å². The molecular weight excluding hydrogens is 276 g/mol. The van der Waals surface area contributed by atoms with Crippen molar-refractivity contribution in [2.24, 2.45) is 0 Å². The maximum absolute atomic E-state index is 8.90. The summed E-state index contributed by atoms with van der Waals surface area (Å²) >= 11 is 0. The Morgan fingerprint density at radius 3 is 2.82 bits per heavy atom. The van der Waals surface area contributed by atoms with E-state index >= 15 is 0 Å². The average Bonchev–Trinajstić information content (AvgIpc) is 2.86. The molecule has 1 fully saturated rings. The molecule has 0 aliphatic carbocycles. The predicted octanol–water partition coefficient (Wildman–Crippen LogP) is 2.22. The van der Waals surface area contributed by atoms with Gasteiger partial charge in [0.2, 0.25) is 0 Å². The van der Waals surface area contributed by atoms with Gasteiger partial charge < -0.3 is 4.90 Å². The van der Waals surface area contributed by atoms with E-state index in [1.807, 2.05) is 30.7 Å². The molecule has 114 valence electrons. The quantitative estimate of drug-likeness (QED) is 0.868. The Labute approximate surface area is 130 Å². The molecule has 0 aromatic carbocycles. The van der Waals surface area contributed by atoms with Gasteiger partial charge in [-0.3, -0.25) is 0 Å². The van der Waals surface area contributed by atoms with E-state index in [1.165, 1.54) is 12.8 Å². The highest BCUT2D eigenvalue weighted by Crippen LogP contribution is 2.24. The highest BCUT2D eigenvalue weighted by Gasteiger charge is 2.25. The van der Waals surface area contributed by atoms with E-state index in [0.717, 1.165) is 37.0 Å². The number of piperidine rings is 1. The van der Waals surface area contributed by atoms with Crippen molar-refractivity contribution >= 4 is 5.82 Å². The third kappa shape index (κ3) is 2.93. The molecule has 1 atom stereocenters. The molecule has 1 aliphatic heterocycles. The smallest absolute Gasteiger partial charge is 0.147 e. The molecular formula is C16H20N6. The Kier molecular flexibility index (Phi) is 4.05. The van der Waals surface area contributed by atoms with E-state index in [2.05, 4.69) is 26.0 Å². The van der Waals surface area contributed by atoms with E-state index in [-0.39, 0.29) is 0 Å². The molecule has 1 aliphatic rings. The fraction of sp³-hybridized carbons (Fsp3) is 0.500. The standard InChI is InChI=1S/C16H20N6/c1-12-19-13(2)22(20-12)11-15-5-3-4-8-21(15)16-7-6-14(9-17)10-18-16/h6-7,10,15H,3-5,8,11H2,1-2H3/t15-/m1/s1. The molecule has 2 aromatic rings. The number of pyridine rings is 1. The van der Waals surface area contributed by atoms with Gasteiger partial charge in [-0.25, -0.2) is 14.6 Å². The van der Waals surface area contributed by atoms with Crippen molar-refractivity contribution in [3.8, 4) is 6.07 Å². The maximum Gasteiger partial charge on any atom is 0.147 e. The van der Waals surface area contributed by atoms with Gasteiger partial charge in [0.15, 0.2) is 0 Å². The van der Waals surface area contributed by atoms with Crippen LogP contribution in [0.15, 0.2) is 18.3 Å². The summed E-state index contributed by atoms with van der Waals surface area (Å²) in [4.78, 5) is 11.2. The van der Waals surface area contributed by atoms with Crippen molar-refractivity contribution in [3.63, 3.8) is 0 Å². The van der Waals surface area contributed by atoms with Crippen molar-refractivity contribution in [3.05, 3.63) is 35.5 Å². The Morgan fingerprint density at radius 2 is 2.18 bits per heavy atom. The first kappa shape index (κ1) is 14.5. The normalized spacial score (nSPS) is 18.2. The van der Waals surface area contributed by atoms with E-state index < -0.39 is 0 Å². The van der Waals surface area contributed by atoms with Gasteiger partial charge in [0.05, 0.1) is 18.2 Å². The van der Waals surface area contributed by atoms with Gasteiger partial charge >= 0.3 is 0 Å². The monoisotopic (exact) mass is 296 g/mol. The lowest BCUT2D eigenvalue weighted by atomic mass is 10.0. The molecule has 0 spiro atoms. The minimum absolute atomic E-state index is 0.369. The molecule has 2 aromatic heterocycles. The second-order valence-electron chi connectivity index (χ2n) is 5.75. The Morgan fingerprint density at radius 1 is 1.32 bits per heavy atom. The number of hydrogen-bond acceptors (Lipinski definition) is 5. The zero-order valence-electron chi connectivity index (χ0n) is 13.0. The van der Waals surface area contributed by atoms with Crippen LogP contribution in [0.3, 0.4) is 0 Å². The molecule has 22 heavy (non-hydrogen) atoms. The fourth-order valence-corrected chi connectivity index (χ4v) is 3.05. The Bertz CT molecular complexity index is 682. The number of aryl methyl sites for hydroxylation is 2. The molecule has 0 saturated carbocycles. The molecule has 1 saturated heterocycles. The zero-order chi connectivity index (χ0) is 15.5. The summed E-state index contributed by atoms with van der Waals surface area (Å²) in [6, 6.07) is 6.26. The largest absolute Gasteiger partial charge is 0.352 e. The van der Waals surface area contributed by atoms with Crippen LogP contribution in [0.1, 0.15) is 36.5 Å². The number of nitriles is 1. The highest BCUT2D eigenvalue weighted by molar-refractivity contribution is 5.43. The Balaban J connectivity index is 1.81. The van der Waals surface area contributed by atoms with Gasteiger partial charge in [-0.05, 0) is 45.2 Å². The number of nitrogens with zero attached hydrogens (tertiary/aromatic N) is 6. The zero-order valence-corrected chi connectivity index (χ0v) is 13.0. The van der Waals surface area contributed by atoms with Crippen molar-refractivity contribution < 1.29 is 0 Å². The first-order chi connectivity index (χ1) is 10.7. The number of rotatable bonds is 3. The van der Waals surface area contributed by atoms with Crippen LogP contribution in [0.5, 0.6) is 0 Å². The van der Waals surface area contributed by atoms with Crippen LogP contribution in [0, 0.1) is 25.2 Å². The van der Waals surface area contributed by atoms with Gasteiger partial charge in [-0.15, -0.1) is 0 Å². The summed E-state index contributed by atoms with van der Waals surface area (Å²) in [5.74, 6) is 2.71. The lowest BCUT2D eigenvalue weighted by Gasteiger charge is -2.36. The third-order valence-electron chi connectivity index (χ3n) is 4.14. The van der Waals surface area contributed by atoms with E-state index in [4.69, 9.17) is 5.26 Å². The van der Waals surface area contributed by atoms with Crippen molar-refractivity contribution in [1.29, 1.82) is 5.26 Å². The summed E-state index contributed by atoms with van der Waals surface area (Å²) in [5.41, 5.74) is 0.597. The van der Waals surface area contributed by atoms with Gasteiger partial charge in [-0.2, -0.15) is 10.4 Å². The van der Waals surface area contributed by atoms with E-state index in [1.54, 1.807) is 6.20 Å². The first-order valence-electron chi connectivity index (χ1n) is 7.68. The van der Waals surface area contributed by atoms with Crippen molar-refractivity contribution in [1.82, 2.24) is 19.7 Å². The fourth-order valence-electron chi connectivity index (χ4n) is 3.05. The van der Waals surface area contributed by atoms with Crippen LogP contribution < -0.4 is 4.90 Å². The average molecular weight is 296 g/mol. The highest BCUT2D eigenvalue weighted by atomic mass is 15.4. The first-order valence-corrected chi connectivity index (χ1v) is 7.68. The number of anilines is 1. The SMILES string of the molecule is Cc1nc(C)n(C[C@H]2CCCCN2c2ccc(C#N)cn2)n1. The topological polar surface area (TPSA) is 70.6 Å². The molecule has 0 radical (unpaired) electrons. The van der Waals surface area contributed by atoms with Crippen LogP contribution in [-0.2, 0) is 6.54 Å². The van der Waals surface area contributed by atoms with E-state index in [0.29, 0.717) is 11.6 Å². The second kappa shape index (κ2) is 6.14. The van der Waals surface area contributed by atoms with Gasteiger partial charge in [0, 0.05) is 12.7 Å². The summed E-state index contributed by atoms with van der Waals surface area (Å²) in [6.45, 7) is 5.74. The van der Waals surface area contributed by atoms with Crippen LogP contribution in [0.4, 0.5) is 5.82 Å². The molecule has 3 heterocycles. The van der Waals surface area contributed by atoms with Gasteiger partial charge in [-0.1, -0.05) is 0 Å². The van der Waals surface area contributed by atoms with Gasteiger partial charge in [0.1, 0.15) is 23.5 Å². The number of aromatic nitrogens is 4. The van der Waals surface area contributed by atoms with Crippen molar-refractivity contribution in [2.75, 3.05) is 11.4 Å².